The van der Waals surface area contributed by atoms with Gasteiger partial charge in [0.05, 0.1) is 4.47 Å². The first kappa shape index (κ1) is 14.3. The highest BCUT2D eigenvalue weighted by Crippen LogP contribution is 2.26. The highest BCUT2D eigenvalue weighted by atomic mass is 79.9. The number of fused-ring (bicyclic) bond motifs is 1. The molecule has 2 aromatic rings. The summed E-state index contributed by atoms with van der Waals surface area (Å²) in [6, 6.07) is 8.80. The second kappa shape index (κ2) is 5.60. The van der Waals surface area contributed by atoms with Crippen LogP contribution in [0.4, 0.5) is 10.1 Å². The Kier molecular flexibility index (Phi) is 3.81. The summed E-state index contributed by atoms with van der Waals surface area (Å²) in [6.45, 7) is 1.84. The third kappa shape index (κ3) is 2.86. The van der Waals surface area contributed by atoms with Crippen molar-refractivity contribution in [3.05, 3.63) is 62.9 Å². The van der Waals surface area contributed by atoms with Gasteiger partial charge in [0.25, 0.3) is 5.91 Å². The fraction of sp³-hybridized carbons (Fsp3) is 0.235. The summed E-state index contributed by atoms with van der Waals surface area (Å²) in [4.78, 5) is 12.3. The molecule has 0 fully saturated rings. The number of hydrogen-bond acceptors (Lipinski definition) is 1. The van der Waals surface area contributed by atoms with Crippen LogP contribution in [-0.4, -0.2) is 5.91 Å². The molecule has 0 saturated heterocycles. The van der Waals surface area contributed by atoms with Gasteiger partial charge in [-0.1, -0.05) is 6.07 Å². The molecular formula is C17H15BrFNO. The molecule has 1 N–H and O–H groups in total. The number of benzene rings is 2. The minimum absolute atomic E-state index is 0.200. The van der Waals surface area contributed by atoms with E-state index in [0.717, 1.165) is 24.8 Å². The van der Waals surface area contributed by atoms with Gasteiger partial charge in [0, 0.05) is 11.3 Å². The SMILES string of the molecule is Cc1cc(Br)c(F)cc1NC(=O)c1ccc2c(c1)CCC2. The molecule has 3 rings (SSSR count). The molecule has 0 atom stereocenters. The molecule has 1 aliphatic rings. The first-order valence-electron chi connectivity index (χ1n) is 6.93. The van der Waals surface area contributed by atoms with E-state index in [2.05, 4.69) is 21.2 Å². The van der Waals surface area contributed by atoms with E-state index in [9.17, 15) is 9.18 Å². The zero-order chi connectivity index (χ0) is 15.0. The average Bonchev–Trinajstić information content (AvgIpc) is 2.92. The van der Waals surface area contributed by atoms with Crippen LogP contribution in [0.3, 0.4) is 0 Å². The minimum Gasteiger partial charge on any atom is -0.322 e. The molecule has 0 aliphatic heterocycles. The lowest BCUT2D eigenvalue weighted by molar-refractivity contribution is 0.102. The van der Waals surface area contributed by atoms with Gasteiger partial charge in [0.1, 0.15) is 5.82 Å². The van der Waals surface area contributed by atoms with Crippen LogP contribution in [0.2, 0.25) is 0 Å². The molecule has 0 spiro atoms. The second-order valence-corrected chi connectivity index (χ2v) is 6.23. The van der Waals surface area contributed by atoms with Crippen LogP contribution in [0.25, 0.3) is 0 Å². The number of carbonyl (C=O) groups excluding carboxylic acids is 1. The van der Waals surface area contributed by atoms with Crippen molar-refractivity contribution in [2.75, 3.05) is 5.32 Å². The maximum atomic E-state index is 13.6. The number of aryl methyl sites for hydroxylation is 3. The zero-order valence-corrected chi connectivity index (χ0v) is 13.3. The van der Waals surface area contributed by atoms with Crippen LogP contribution in [0, 0.1) is 12.7 Å². The third-order valence-electron chi connectivity index (χ3n) is 3.88. The van der Waals surface area contributed by atoms with Crippen LogP contribution in [0.5, 0.6) is 0 Å². The molecule has 0 aromatic heterocycles. The summed E-state index contributed by atoms with van der Waals surface area (Å²) in [5.41, 5.74) is 4.52. The van der Waals surface area contributed by atoms with Crippen molar-refractivity contribution >= 4 is 27.5 Å². The van der Waals surface area contributed by atoms with Gasteiger partial charge >= 0.3 is 0 Å². The van der Waals surface area contributed by atoms with Crippen LogP contribution in [-0.2, 0) is 12.8 Å². The summed E-state index contributed by atoms with van der Waals surface area (Å²) in [7, 11) is 0. The standard InChI is InChI=1S/C17H15BrFNO/c1-10-7-14(18)15(19)9-16(10)20-17(21)13-6-5-11-3-2-4-12(11)8-13/h5-9H,2-4H2,1H3,(H,20,21). The van der Waals surface area contributed by atoms with Crippen molar-refractivity contribution in [1.29, 1.82) is 0 Å². The largest absolute Gasteiger partial charge is 0.322 e. The minimum atomic E-state index is -0.384. The highest BCUT2D eigenvalue weighted by molar-refractivity contribution is 9.10. The number of carbonyl (C=O) groups is 1. The van der Waals surface area contributed by atoms with Crippen LogP contribution in [0.1, 0.15) is 33.5 Å². The fourth-order valence-corrected chi connectivity index (χ4v) is 3.15. The van der Waals surface area contributed by atoms with Crippen molar-refractivity contribution in [1.82, 2.24) is 0 Å². The number of amides is 1. The Balaban J connectivity index is 1.85. The Morgan fingerprint density at radius 1 is 1.19 bits per heavy atom. The second-order valence-electron chi connectivity index (χ2n) is 5.37. The molecule has 0 saturated carbocycles. The van der Waals surface area contributed by atoms with Crippen molar-refractivity contribution in [3.63, 3.8) is 0 Å². The lowest BCUT2D eigenvalue weighted by atomic mass is 10.1. The van der Waals surface area contributed by atoms with Gasteiger partial charge in [-0.05, 0) is 83.1 Å². The molecular weight excluding hydrogens is 333 g/mol. The topological polar surface area (TPSA) is 29.1 Å². The van der Waals surface area contributed by atoms with Crippen LogP contribution >= 0.6 is 15.9 Å². The maximum Gasteiger partial charge on any atom is 0.255 e. The van der Waals surface area contributed by atoms with Gasteiger partial charge < -0.3 is 5.32 Å². The van der Waals surface area contributed by atoms with Gasteiger partial charge in [-0.15, -0.1) is 0 Å². The molecule has 2 nitrogen and oxygen atoms in total. The average molecular weight is 348 g/mol. The molecule has 21 heavy (non-hydrogen) atoms. The van der Waals surface area contributed by atoms with E-state index < -0.39 is 0 Å². The van der Waals surface area contributed by atoms with E-state index in [0.29, 0.717) is 15.7 Å². The normalized spacial score (nSPS) is 13.1. The Labute approximate surface area is 131 Å². The number of hydrogen-bond donors (Lipinski definition) is 1. The Bertz CT molecular complexity index is 727. The van der Waals surface area contributed by atoms with Gasteiger partial charge in [0.2, 0.25) is 0 Å². The van der Waals surface area contributed by atoms with Gasteiger partial charge in [0.15, 0.2) is 0 Å². The molecule has 0 bridgehead atoms. The summed E-state index contributed by atoms with van der Waals surface area (Å²) in [6.07, 6.45) is 3.27. The summed E-state index contributed by atoms with van der Waals surface area (Å²) < 4.78 is 14.0. The first-order chi connectivity index (χ1) is 10.0. The predicted octanol–water partition coefficient (Wildman–Crippen LogP) is 4.64. The van der Waals surface area contributed by atoms with E-state index in [1.54, 1.807) is 6.07 Å². The van der Waals surface area contributed by atoms with Crippen LogP contribution < -0.4 is 5.32 Å². The maximum absolute atomic E-state index is 13.6. The van der Waals surface area contributed by atoms with Crippen LogP contribution in [0.15, 0.2) is 34.8 Å². The smallest absolute Gasteiger partial charge is 0.255 e. The highest BCUT2D eigenvalue weighted by Gasteiger charge is 2.15. The Hall–Kier alpha value is -1.68. The molecule has 0 radical (unpaired) electrons. The molecule has 0 unspecified atom stereocenters. The Morgan fingerprint density at radius 3 is 2.76 bits per heavy atom. The molecule has 1 aliphatic carbocycles. The molecule has 0 heterocycles. The van der Waals surface area contributed by atoms with Gasteiger partial charge in [-0.2, -0.15) is 0 Å². The number of rotatable bonds is 2. The predicted molar refractivity (Wildman–Crippen MR) is 85.3 cm³/mol. The fourth-order valence-electron chi connectivity index (χ4n) is 2.69. The summed E-state index contributed by atoms with van der Waals surface area (Å²) in [5.74, 6) is -0.584. The molecule has 4 heteroatoms. The third-order valence-corrected chi connectivity index (χ3v) is 4.48. The van der Waals surface area contributed by atoms with Crippen molar-refractivity contribution in [2.45, 2.75) is 26.2 Å². The quantitative estimate of drug-likeness (QED) is 0.842. The van der Waals surface area contributed by atoms with Crippen molar-refractivity contribution in [2.24, 2.45) is 0 Å². The molecule has 108 valence electrons. The first-order valence-corrected chi connectivity index (χ1v) is 7.72. The zero-order valence-electron chi connectivity index (χ0n) is 11.7. The lowest BCUT2D eigenvalue weighted by Gasteiger charge is -2.10. The molecule has 1 amide bonds. The molecule has 2 aromatic carbocycles. The lowest BCUT2D eigenvalue weighted by Crippen LogP contribution is -2.13. The van der Waals surface area contributed by atoms with E-state index in [1.807, 2.05) is 25.1 Å². The summed E-state index contributed by atoms with van der Waals surface area (Å²) in [5, 5.41) is 2.79. The van der Waals surface area contributed by atoms with Gasteiger partial charge in [-0.25, -0.2) is 4.39 Å². The van der Waals surface area contributed by atoms with Crippen molar-refractivity contribution < 1.29 is 9.18 Å². The Morgan fingerprint density at radius 2 is 1.95 bits per heavy atom. The van der Waals surface area contributed by atoms with E-state index in [4.69, 9.17) is 0 Å². The van der Waals surface area contributed by atoms with E-state index in [1.165, 1.54) is 17.2 Å². The van der Waals surface area contributed by atoms with Crippen molar-refractivity contribution in [3.8, 4) is 0 Å². The summed E-state index contributed by atoms with van der Waals surface area (Å²) >= 11 is 3.14. The number of anilines is 1. The van der Waals surface area contributed by atoms with Gasteiger partial charge in [-0.3, -0.25) is 4.79 Å². The number of halogens is 2. The van der Waals surface area contributed by atoms with E-state index in [-0.39, 0.29) is 11.7 Å². The number of nitrogens with one attached hydrogen (secondary N) is 1. The monoisotopic (exact) mass is 347 g/mol. The van der Waals surface area contributed by atoms with E-state index >= 15 is 0 Å².